The van der Waals surface area contributed by atoms with E-state index in [1.807, 2.05) is 6.33 Å². The number of aromatic nitrogens is 4. The minimum absolute atomic E-state index is 0. The summed E-state index contributed by atoms with van der Waals surface area (Å²) in [4.78, 5) is 28.6. The molecular weight excluding hydrogens is 499 g/mol. The Kier molecular flexibility index (Phi) is 8.64. The molecule has 0 aromatic carbocycles. The van der Waals surface area contributed by atoms with Crippen LogP contribution in [0.1, 0.15) is 83.1 Å². The molecule has 0 bridgehead atoms. The van der Waals surface area contributed by atoms with Crippen molar-refractivity contribution in [1.29, 1.82) is 0 Å². The van der Waals surface area contributed by atoms with Crippen molar-refractivity contribution in [3.63, 3.8) is 0 Å². The number of rotatable bonds is 7. The van der Waals surface area contributed by atoms with Crippen LogP contribution in [0.5, 0.6) is 0 Å². The second-order valence-corrected chi connectivity index (χ2v) is 11.0. The van der Waals surface area contributed by atoms with Crippen LogP contribution in [0, 0.1) is 0 Å². The first-order valence-corrected chi connectivity index (χ1v) is 13.4. The van der Waals surface area contributed by atoms with E-state index >= 15 is 0 Å². The van der Waals surface area contributed by atoms with Crippen molar-refractivity contribution in [2.75, 3.05) is 23.7 Å². The molecule has 0 unspecified atom stereocenters. The first-order chi connectivity index (χ1) is 16.6. The fourth-order valence-corrected chi connectivity index (χ4v) is 6.28. The highest BCUT2D eigenvalue weighted by molar-refractivity contribution is 5.86. The van der Waals surface area contributed by atoms with E-state index in [-0.39, 0.29) is 30.4 Å². The predicted molar refractivity (Wildman–Crippen MR) is 147 cm³/mol. The number of aldehydes is 1. The molecule has 2 aromatic heterocycles. The first-order valence-electron chi connectivity index (χ1n) is 13.4. The van der Waals surface area contributed by atoms with Crippen LogP contribution in [0.4, 0.5) is 11.8 Å². The molecule has 36 heavy (non-hydrogen) atoms. The van der Waals surface area contributed by atoms with Crippen molar-refractivity contribution in [2.24, 2.45) is 5.73 Å². The molecule has 3 heterocycles. The van der Waals surface area contributed by atoms with Gasteiger partial charge in [-0.15, -0.1) is 24.8 Å². The van der Waals surface area contributed by atoms with Crippen LogP contribution in [0.2, 0.25) is 0 Å². The van der Waals surface area contributed by atoms with Gasteiger partial charge in [0.15, 0.2) is 17.0 Å². The average Bonchev–Trinajstić information content (AvgIpc) is 3.24. The van der Waals surface area contributed by atoms with E-state index in [9.17, 15) is 4.79 Å². The third-order valence-electron chi connectivity index (χ3n) is 8.69. The lowest BCUT2D eigenvalue weighted by molar-refractivity contribution is -0.114. The molecule has 2 aromatic rings. The van der Waals surface area contributed by atoms with E-state index in [0.29, 0.717) is 30.1 Å². The molecule has 4 aliphatic rings. The molecule has 11 heteroatoms. The predicted octanol–water partition coefficient (Wildman–Crippen LogP) is 4.07. The van der Waals surface area contributed by atoms with E-state index in [2.05, 4.69) is 20.1 Å². The van der Waals surface area contributed by atoms with Gasteiger partial charge in [0.25, 0.3) is 0 Å². The molecule has 1 saturated heterocycles. The van der Waals surface area contributed by atoms with Gasteiger partial charge >= 0.3 is 0 Å². The molecule has 9 nitrogen and oxygen atoms in total. The summed E-state index contributed by atoms with van der Waals surface area (Å²) in [5.74, 6) is 1.54. The summed E-state index contributed by atoms with van der Waals surface area (Å²) >= 11 is 0. The number of halogens is 2. The SMILES string of the molecule is Cl.Cl.NC1CCC(Nc2nc(NC3CCN(C4(C=O)CC4)CC3)c3ncn(C4CCCC4)c3n2)CC1. The zero-order valence-corrected chi connectivity index (χ0v) is 22.5. The Morgan fingerprint density at radius 3 is 2.22 bits per heavy atom. The molecule has 3 aliphatic carbocycles. The van der Waals surface area contributed by atoms with Gasteiger partial charge in [0, 0.05) is 37.3 Å². The van der Waals surface area contributed by atoms with Gasteiger partial charge in [-0.3, -0.25) is 4.90 Å². The Morgan fingerprint density at radius 1 is 0.917 bits per heavy atom. The number of imidazole rings is 1. The van der Waals surface area contributed by atoms with Gasteiger partial charge in [-0.2, -0.15) is 9.97 Å². The number of carbonyl (C=O) groups is 1. The number of nitrogens with two attached hydrogens (primary N) is 1. The van der Waals surface area contributed by atoms with E-state index < -0.39 is 0 Å². The Balaban J connectivity index is 0.00000152. The third-order valence-corrected chi connectivity index (χ3v) is 8.69. The Bertz CT molecular complexity index is 1020. The molecular formula is C25H40Cl2N8O. The van der Waals surface area contributed by atoms with Crippen LogP contribution in [-0.2, 0) is 4.79 Å². The third kappa shape index (κ3) is 5.44. The Hall–Kier alpha value is -1.68. The summed E-state index contributed by atoms with van der Waals surface area (Å²) in [6.07, 6.45) is 16.3. The van der Waals surface area contributed by atoms with E-state index in [4.69, 9.17) is 20.7 Å². The topological polar surface area (TPSA) is 114 Å². The van der Waals surface area contributed by atoms with Gasteiger partial charge in [0.05, 0.1) is 11.9 Å². The average molecular weight is 540 g/mol. The fraction of sp³-hybridized carbons (Fsp3) is 0.760. The summed E-state index contributed by atoms with van der Waals surface area (Å²) in [7, 11) is 0. The zero-order chi connectivity index (χ0) is 23.1. The van der Waals surface area contributed by atoms with Crippen LogP contribution in [-0.4, -0.2) is 67.5 Å². The normalized spacial score (nSPS) is 26.7. The molecule has 4 fully saturated rings. The van der Waals surface area contributed by atoms with E-state index in [1.54, 1.807) is 0 Å². The van der Waals surface area contributed by atoms with Crippen molar-refractivity contribution >= 4 is 54.0 Å². The standard InChI is InChI=1S/C25H38N8O.2ClH/c26-17-5-7-18(8-6-17)29-24-30-22(21-23(31-24)33(16-27-21)20-3-1-2-4-20)28-19-9-13-32(14-10-19)25(15-34)11-12-25;;/h15-20H,1-14,26H2,(H2,28,29,30,31);2*1H. The van der Waals surface area contributed by atoms with Gasteiger partial charge in [-0.05, 0) is 64.2 Å². The van der Waals surface area contributed by atoms with Crippen molar-refractivity contribution < 1.29 is 4.79 Å². The van der Waals surface area contributed by atoms with Crippen molar-refractivity contribution in [3.05, 3.63) is 6.33 Å². The van der Waals surface area contributed by atoms with Gasteiger partial charge < -0.3 is 25.7 Å². The number of fused-ring (bicyclic) bond motifs is 1. The second kappa shape index (κ2) is 11.4. The molecule has 6 rings (SSSR count). The smallest absolute Gasteiger partial charge is 0.227 e. The summed E-state index contributed by atoms with van der Waals surface area (Å²) in [6.45, 7) is 1.91. The maximum absolute atomic E-state index is 11.5. The largest absolute Gasteiger partial charge is 0.365 e. The molecule has 1 aliphatic heterocycles. The molecule has 4 N–H and O–H groups in total. The summed E-state index contributed by atoms with van der Waals surface area (Å²) in [5.41, 5.74) is 7.77. The maximum Gasteiger partial charge on any atom is 0.227 e. The number of likely N-dealkylation sites (tertiary alicyclic amines) is 1. The van der Waals surface area contributed by atoms with E-state index in [0.717, 1.165) is 81.4 Å². The molecule has 3 saturated carbocycles. The minimum Gasteiger partial charge on any atom is -0.365 e. The van der Waals surface area contributed by atoms with Gasteiger partial charge in [-0.1, -0.05) is 12.8 Å². The first kappa shape index (κ1) is 27.4. The zero-order valence-electron chi connectivity index (χ0n) is 20.9. The quantitative estimate of drug-likeness (QED) is 0.452. The lowest BCUT2D eigenvalue weighted by atomic mass is 9.92. The Morgan fingerprint density at radius 2 is 1.58 bits per heavy atom. The van der Waals surface area contributed by atoms with Crippen molar-refractivity contribution in [2.45, 2.75) is 107 Å². The van der Waals surface area contributed by atoms with Crippen molar-refractivity contribution in [1.82, 2.24) is 24.4 Å². The number of hydrogen-bond acceptors (Lipinski definition) is 8. The summed E-state index contributed by atoms with van der Waals surface area (Å²) in [5, 5.41) is 7.34. The molecule has 0 spiro atoms. The highest BCUT2D eigenvalue weighted by Gasteiger charge is 2.48. The molecule has 0 atom stereocenters. The number of piperidine rings is 1. The Labute approximate surface area is 225 Å². The van der Waals surface area contributed by atoms with Crippen LogP contribution in [0.3, 0.4) is 0 Å². The number of carbonyl (C=O) groups excluding carboxylic acids is 1. The number of nitrogens with one attached hydrogen (secondary N) is 2. The summed E-state index contributed by atoms with van der Waals surface area (Å²) in [6, 6.07) is 1.50. The monoisotopic (exact) mass is 538 g/mol. The second-order valence-electron chi connectivity index (χ2n) is 11.0. The van der Waals surface area contributed by atoms with Gasteiger partial charge in [-0.25, -0.2) is 4.98 Å². The minimum atomic E-state index is -0.160. The highest BCUT2D eigenvalue weighted by atomic mass is 35.5. The number of hydrogen-bond donors (Lipinski definition) is 3. The molecule has 0 radical (unpaired) electrons. The number of anilines is 2. The van der Waals surface area contributed by atoms with Crippen LogP contribution >= 0.6 is 24.8 Å². The molecule has 0 amide bonds. The van der Waals surface area contributed by atoms with Gasteiger partial charge in [0.1, 0.15) is 6.29 Å². The van der Waals surface area contributed by atoms with E-state index in [1.165, 1.54) is 32.0 Å². The lowest BCUT2D eigenvalue weighted by Crippen LogP contribution is -2.46. The maximum atomic E-state index is 11.5. The van der Waals surface area contributed by atoms with Crippen molar-refractivity contribution in [3.8, 4) is 0 Å². The van der Waals surface area contributed by atoms with Crippen LogP contribution < -0.4 is 16.4 Å². The number of nitrogens with zero attached hydrogens (tertiary/aromatic N) is 5. The molecule has 200 valence electrons. The van der Waals surface area contributed by atoms with Gasteiger partial charge in [0.2, 0.25) is 5.95 Å². The highest BCUT2D eigenvalue weighted by Crippen LogP contribution is 2.41. The van der Waals surface area contributed by atoms with Crippen LogP contribution in [0.15, 0.2) is 6.33 Å². The van der Waals surface area contributed by atoms with Crippen LogP contribution in [0.25, 0.3) is 11.2 Å². The summed E-state index contributed by atoms with van der Waals surface area (Å²) < 4.78 is 2.28. The lowest BCUT2D eigenvalue weighted by Gasteiger charge is -2.36. The fourth-order valence-electron chi connectivity index (χ4n) is 6.28.